The highest BCUT2D eigenvalue weighted by Crippen LogP contribution is 2.29. The van der Waals surface area contributed by atoms with Crippen molar-refractivity contribution in [2.24, 2.45) is 0 Å². The fourth-order valence-electron chi connectivity index (χ4n) is 2.59. The van der Waals surface area contributed by atoms with Crippen LogP contribution in [0.1, 0.15) is 0 Å². The molecule has 2 heterocycles. The van der Waals surface area contributed by atoms with E-state index in [1.807, 2.05) is 18.2 Å². The maximum atomic E-state index is 12.3. The van der Waals surface area contributed by atoms with E-state index in [1.165, 1.54) is 14.2 Å². The summed E-state index contributed by atoms with van der Waals surface area (Å²) in [5.41, 5.74) is 1.72. The summed E-state index contributed by atoms with van der Waals surface area (Å²) in [6.45, 7) is 0.0814. The van der Waals surface area contributed by atoms with Gasteiger partial charge < -0.3 is 24.1 Å². The maximum absolute atomic E-state index is 12.3. The van der Waals surface area contributed by atoms with Crippen molar-refractivity contribution in [2.45, 2.75) is 0 Å². The van der Waals surface area contributed by atoms with E-state index in [4.69, 9.17) is 14.2 Å². The van der Waals surface area contributed by atoms with Gasteiger partial charge in [0.25, 0.3) is 0 Å². The third-order valence-corrected chi connectivity index (χ3v) is 3.76. The Morgan fingerprint density at radius 2 is 2.04 bits per heavy atom. The van der Waals surface area contributed by atoms with Crippen LogP contribution in [0.4, 0.5) is 5.69 Å². The first kappa shape index (κ1) is 16.7. The van der Waals surface area contributed by atoms with E-state index < -0.39 is 11.9 Å². The van der Waals surface area contributed by atoms with Crippen LogP contribution < -0.4 is 4.90 Å². The number of methoxy groups -OCH3 is 2. The SMILES string of the molecule is COC(=O)C1=C(C(=O)OC)N(c2cccc(-c3ncc[nH]3)c2)COC1. The Morgan fingerprint density at radius 3 is 2.72 bits per heavy atom. The molecule has 1 aliphatic rings. The first-order valence-electron chi connectivity index (χ1n) is 7.50. The highest BCUT2D eigenvalue weighted by atomic mass is 16.5. The molecule has 130 valence electrons. The molecule has 8 heteroatoms. The number of nitrogens with one attached hydrogen (secondary N) is 1. The van der Waals surface area contributed by atoms with Gasteiger partial charge in [0.15, 0.2) is 0 Å². The Morgan fingerprint density at radius 1 is 1.24 bits per heavy atom. The van der Waals surface area contributed by atoms with E-state index in [9.17, 15) is 9.59 Å². The zero-order valence-corrected chi connectivity index (χ0v) is 13.8. The summed E-state index contributed by atoms with van der Waals surface area (Å²) in [4.78, 5) is 33.1. The minimum absolute atomic E-state index is 0.0223. The van der Waals surface area contributed by atoms with E-state index >= 15 is 0 Å². The molecule has 0 atom stereocenters. The second-order valence-corrected chi connectivity index (χ2v) is 5.20. The summed E-state index contributed by atoms with van der Waals surface area (Å²) in [5.74, 6) is -0.573. The van der Waals surface area contributed by atoms with Crippen LogP contribution in [0.5, 0.6) is 0 Å². The fourth-order valence-corrected chi connectivity index (χ4v) is 2.59. The van der Waals surface area contributed by atoms with E-state index in [2.05, 4.69) is 9.97 Å². The first-order valence-corrected chi connectivity index (χ1v) is 7.50. The zero-order valence-electron chi connectivity index (χ0n) is 13.8. The average molecular weight is 343 g/mol. The molecule has 0 fully saturated rings. The molecule has 1 aromatic carbocycles. The Kier molecular flexibility index (Phi) is 4.80. The topological polar surface area (TPSA) is 93.8 Å². The number of aromatic nitrogens is 2. The number of rotatable bonds is 4. The van der Waals surface area contributed by atoms with Crippen molar-refractivity contribution in [3.63, 3.8) is 0 Å². The molecule has 0 saturated heterocycles. The second kappa shape index (κ2) is 7.18. The molecule has 3 rings (SSSR count). The van der Waals surface area contributed by atoms with Crippen LogP contribution in [-0.4, -0.2) is 49.5 Å². The number of carbonyl (C=O) groups excluding carboxylic acids is 2. The normalized spacial score (nSPS) is 14.4. The lowest BCUT2D eigenvalue weighted by atomic mass is 10.1. The van der Waals surface area contributed by atoms with E-state index in [1.54, 1.807) is 23.4 Å². The largest absolute Gasteiger partial charge is 0.466 e. The minimum atomic E-state index is -0.632. The predicted molar refractivity (Wildman–Crippen MR) is 88.4 cm³/mol. The van der Waals surface area contributed by atoms with Crippen LogP contribution in [-0.2, 0) is 23.8 Å². The first-order chi connectivity index (χ1) is 12.2. The number of anilines is 1. The number of H-pyrrole nitrogens is 1. The lowest BCUT2D eigenvalue weighted by Gasteiger charge is -2.31. The molecule has 0 unspecified atom stereocenters. The van der Waals surface area contributed by atoms with Crippen LogP contribution in [0, 0.1) is 0 Å². The number of esters is 2. The Bertz CT molecular complexity index is 813. The summed E-state index contributed by atoms with van der Waals surface area (Å²) < 4.78 is 15.1. The van der Waals surface area contributed by atoms with Crippen LogP contribution in [0.3, 0.4) is 0 Å². The van der Waals surface area contributed by atoms with Gasteiger partial charge in [-0.2, -0.15) is 0 Å². The number of hydrogen-bond donors (Lipinski definition) is 1. The summed E-state index contributed by atoms with van der Waals surface area (Å²) in [5, 5.41) is 0. The molecule has 2 aromatic rings. The molecule has 1 aliphatic heterocycles. The monoisotopic (exact) mass is 343 g/mol. The third-order valence-electron chi connectivity index (χ3n) is 3.76. The van der Waals surface area contributed by atoms with Crippen molar-refractivity contribution >= 4 is 17.6 Å². The van der Waals surface area contributed by atoms with Crippen molar-refractivity contribution < 1.29 is 23.8 Å². The highest BCUT2D eigenvalue weighted by molar-refractivity contribution is 6.03. The number of hydrogen-bond acceptors (Lipinski definition) is 7. The lowest BCUT2D eigenvalue weighted by molar-refractivity contribution is -0.140. The number of imidazole rings is 1. The molecule has 1 aromatic heterocycles. The quantitative estimate of drug-likeness (QED) is 0.840. The number of ether oxygens (including phenoxy) is 3. The van der Waals surface area contributed by atoms with Gasteiger partial charge in [-0.15, -0.1) is 0 Å². The second-order valence-electron chi connectivity index (χ2n) is 5.20. The molecule has 25 heavy (non-hydrogen) atoms. The van der Waals surface area contributed by atoms with Gasteiger partial charge in [-0.25, -0.2) is 14.6 Å². The molecule has 0 bridgehead atoms. The van der Waals surface area contributed by atoms with Gasteiger partial charge in [-0.3, -0.25) is 0 Å². The van der Waals surface area contributed by atoms with E-state index in [-0.39, 0.29) is 24.6 Å². The Labute approximate surface area is 144 Å². The molecule has 0 radical (unpaired) electrons. The summed E-state index contributed by atoms with van der Waals surface area (Å²) in [7, 11) is 2.51. The number of nitrogens with zero attached hydrogens (tertiary/aromatic N) is 2. The molecule has 0 spiro atoms. The number of aromatic amines is 1. The van der Waals surface area contributed by atoms with Gasteiger partial charge >= 0.3 is 11.9 Å². The summed E-state index contributed by atoms with van der Waals surface area (Å²) in [6, 6.07) is 7.36. The fraction of sp³-hybridized carbons (Fsp3) is 0.235. The smallest absolute Gasteiger partial charge is 0.355 e. The van der Waals surface area contributed by atoms with Gasteiger partial charge in [0, 0.05) is 23.6 Å². The van der Waals surface area contributed by atoms with E-state index in [0.717, 1.165) is 5.56 Å². The zero-order chi connectivity index (χ0) is 17.8. The van der Waals surface area contributed by atoms with Crippen LogP contribution in [0.25, 0.3) is 11.4 Å². The molecule has 0 amide bonds. The average Bonchev–Trinajstić information content (AvgIpc) is 3.21. The number of carbonyl (C=O) groups is 2. The van der Waals surface area contributed by atoms with Crippen molar-refractivity contribution in [2.75, 3.05) is 32.5 Å². The number of benzene rings is 1. The Hall–Kier alpha value is -3.13. The van der Waals surface area contributed by atoms with Crippen molar-refractivity contribution in [3.05, 3.63) is 47.9 Å². The Balaban J connectivity index is 2.07. The van der Waals surface area contributed by atoms with Crippen LogP contribution in [0.2, 0.25) is 0 Å². The van der Waals surface area contributed by atoms with Crippen molar-refractivity contribution in [1.82, 2.24) is 9.97 Å². The molecule has 8 nitrogen and oxygen atoms in total. The molecule has 0 saturated carbocycles. The van der Waals surface area contributed by atoms with Gasteiger partial charge in [0.2, 0.25) is 0 Å². The van der Waals surface area contributed by atoms with Crippen LogP contribution in [0.15, 0.2) is 47.9 Å². The van der Waals surface area contributed by atoms with Gasteiger partial charge in [-0.05, 0) is 12.1 Å². The third kappa shape index (κ3) is 3.24. The lowest BCUT2D eigenvalue weighted by Crippen LogP contribution is -2.38. The van der Waals surface area contributed by atoms with E-state index in [0.29, 0.717) is 11.5 Å². The molecular weight excluding hydrogens is 326 g/mol. The summed E-state index contributed by atoms with van der Waals surface area (Å²) in [6.07, 6.45) is 3.38. The highest BCUT2D eigenvalue weighted by Gasteiger charge is 2.32. The van der Waals surface area contributed by atoms with Gasteiger partial charge in [-0.1, -0.05) is 12.1 Å². The molecule has 0 aliphatic carbocycles. The van der Waals surface area contributed by atoms with Gasteiger partial charge in [0.05, 0.1) is 26.4 Å². The summed E-state index contributed by atoms with van der Waals surface area (Å²) >= 11 is 0. The van der Waals surface area contributed by atoms with Crippen molar-refractivity contribution in [3.8, 4) is 11.4 Å². The molecular formula is C17H17N3O5. The minimum Gasteiger partial charge on any atom is -0.466 e. The van der Waals surface area contributed by atoms with Crippen LogP contribution >= 0.6 is 0 Å². The predicted octanol–water partition coefficient (Wildman–Crippen LogP) is 1.47. The maximum Gasteiger partial charge on any atom is 0.355 e. The molecule has 1 N–H and O–H groups in total. The van der Waals surface area contributed by atoms with Crippen molar-refractivity contribution in [1.29, 1.82) is 0 Å². The standard InChI is InChI=1S/C17H17N3O5/c1-23-16(21)13-9-25-10-20(14(13)17(22)24-2)12-5-3-4-11(8-12)15-18-6-7-19-15/h3-8H,9-10H2,1-2H3,(H,18,19). The van der Waals surface area contributed by atoms with Gasteiger partial charge in [0.1, 0.15) is 18.3 Å².